The van der Waals surface area contributed by atoms with Gasteiger partial charge in [-0.05, 0) is 46.9 Å². The number of nitrogens with zero attached hydrogens (tertiary/aromatic N) is 1. The first kappa shape index (κ1) is 28.6. The molecule has 0 N–H and O–H groups in total. The summed E-state index contributed by atoms with van der Waals surface area (Å²) in [5.41, 5.74) is 5.28. The highest BCUT2D eigenvalue weighted by atomic mass is 14.7. The van der Waals surface area contributed by atoms with Gasteiger partial charge >= 0.3 is 0 Å². The van der Waals surface area contributed by atoms with E-state index in [-0.39, 0.29) is 0 Å². The monoisotopic (exact) mass is 385 g/mol. The Morgan fingerprint density at radius 3 is 1.11 bits per heavy atom. The van der Waals surface area contributed by atoms with Crippen LogP contribution < -0.4 is 0 Å². The van der Waals surface area contributed by atoms with E-state index in [0.29, 0.717) is 23.7 Å². The number of aromatic nitrogens is 1. The fourth-order valence-electron chi connectivity index (χ4n) is 2.39. The SMILES string of the molecule is CC.CC.CC(C)c1cccc(C(C)C)c1.CC(C)c1cccc(C(C)C)n1. The Morgan fingerprint density at radius 2 is 0.821 bits per heavy atom. The fraction of sp³-hybridized carbons (Fsp3) is 0.593. The molecule has 0 atom stereocenters. The number of hydrogen-bond acceptors (Lipinski definition) is 1. The number of benzene rings is 1. The molecule has 1 heterocycles. The molecule has 160 valence electrons. The maximum absolute atomic E-state index is 4.57. The van der Waals surface area contributed by atoms with Crippen LogP contribution in [-0.4, -0.2) is 4.98 Å². The molecule has 0 radical (unpaired) electrons. The van der Waals surface area contributed by atoms with Gasteiger partial charge in [-0.15, -0.1) is 0 Å². The lowest BCUT2D eigenvalue weighted by Gasteiger charge is -2.09. The van der Waals surface area contributed by atoms with Crippen molar-refractivity contribution >= 4 is 0 Å². The molecule has 0 unspecified atom stereocenters. The van der Waals surface area contributed by atoms with Crippen molar-refractivity contribution in [1.29, 1.82) is 0 Å². The quantitative estimate of drug-likeness (QED) is 0.511. The topological polar surface area (TPSA) is 12.9 Å². The van der Waals surface area contributed by atoms with Crippen molar-refractivity contribution in [3.63, 3.8) is 0 Å². The molecule has 0 aliphatic carbocycles. The van der Waals surface area contributed by atoms with Gasteiger partial charge in [-0.25, -0.2) is 0 Å². The highest BCUT2D eigenvalue weighted by Gasteiger charge is 2.04. The largest absolute Gasteiger partial charge is 0.257 e. The molecule has 1 heteroatoms. The van der Waals surface area contributed by atoms with Crippen molar-refractivity contribution in [3.05, 3.63) is 65.0 Å². The van der Waals surface area contributed by atoms with E-state index in [0.717, 1.165) is 0 Å². The molecule has 1 aromatic carbocycles. The molecule has 2 rings (SSSR count). The Balaban J connectivity index is 0. The molecule has 0 bridgehead atoms. The van der Waals surface area contributed by atoms with Crippen LogP contribution in [0.4, 0.5) is 0 Å². The van der Waals surface area contributed by atoms with Crippen LogP contribution in [0.2, 0.25) is 0 Å². The second-order valence-corrected chi connectivity index (χ2v) is 7.78. The smallest absolute Gasteiger partial charge is 0.0432 e. The van der Waals surface area contributed by atoms with Gasteiger partial charge in [-0.1, -0.05) is 113 Å². The lowest BCUT2D eigenvalue weighted by molar-refractivity contribution is 0.765. The average molecular weight is 386 g/mol. The minimum absolute atomic E-state index is 0.531. The van der Waals surface area contributed by atoms with Crippen molar-refractivity contribution in [2.75, 3.05) is 0 Å². The van der Waals surface area contributed by atoms with Gasteiger partial charge in [-0.3, -0.25) is 4.98 Å². The summed E-state index contributed by atoms with van der Waals surface area (Å²) in [7, 11) is 0. The van der Waals surface area contributed by atoms with Crippen LogP contribution in [0, 0.1) is 0 Å². The summed E-state index contributed by atoms with van der Waals surface area (Å²) in [5, 5.41) is 0. The van der Waals surface area contributed by atoms with Crippen LogP contribution in [0.25, 0.3) is 0 Å². The van der Waals surface area contributed by atoms with Gasteiger partial charge < -0.3 is 0 Å². The Kier molecular flexibility index (Phi) is 16.7. The van der Waals surface area contributed by atoms with Crippen LogP contribution in [0.3, 0.4) is 0 Å². The van der Waals surface area contributed by atoms with Crippen LogP contribution in [0.1, 0.15) is 129 Å². The predicted molar refractivity (Wildman–Crippen MR) is 130 cm³/mol. The zero-order chi connectivity index (χ0) is 22.3. The fourth-order valence-corrected chi connectivity index (χ4v) is 2.39. The summed E-state index contributed by atoms with van der Waals surface area (Å²) < 4.78 is 0. The Hall–Kier alpha value is -1.63. The zero-order valence-corrected chi connectivity index (χ0v) is 20.8. The standard InChI is InChI=1S/C12H18.C11H17N.2C2H6/c1-9(2)11-6-5-7-12(8-11)10(3)4;1-8(2)10-6-5-7-11(12-10)9(3)4;2*1-2/h5-10H,1-4H3;5-9H,1-4H3;2*1-2H3. The van der Waals surface area contributed by atoms with E-state index in [1.807, 2.05) is 27.7 Å². The third-order valence-electron chi connectivity index (χ3n) is 4.22. The van der Waals surface area contributed by atoms with Crippen molar-refractivity contribution in [3.8, 4) is 0 Å². The van der Waals surface area contributed by atoms with E-state index >= 15 is 0 Å². The van der Waals surface area contributed by atoms with E-state index in [1.165, 1.54) is 22.5 Å². The van der Waals surface area contributed by atoms with Gasteiger partial charge in [0.25, 0.3) is 0 Å². The van der Waals surface area contributed by atoms with Crippen molar-refractivity contribution in [1.82, 2.24) is 4.98 Å². The van der Waals surface area contributed by atoms with E-state index in [2.05, 4.69) is 103 Å². The highest BCUT2D eigenvalue weighted by Crippen LogP contribution is 2.20. The second kappa shape index (κ2) is 16.3. The van der Waals surface area contributed by atoms with Gasteiger partial charge in [0.15, 0.2) is 0 Å². The number of hydrogen-bond donors (Lipinski definition) is 0. The molecule has 2 aromatic rings. The van der Waals surface area contributed by atoms with Crippen molar-refractivity contribution in [2.45, 2.75) is 107 Å². The molecule has 1 nitrogen and oxygen atoms in total. The van der Waals surface area contributed by atoms with Crippen LogP contribution in [0.5, 0.6) is 0 Å². The summed E-state index contributed by atoms with van der Waals surface area (Å²) in [6, 6.07) is 15.2. The lowest BCUT2D eigenvalue weighted by atomic mass is 9.96. The maximum Gasteiger partial charge on any atom is 0.0432 e. The molecule has 0 fully saturated rings. The molecular weight excluding hydrogens is 338 g/mol. The van der Waals surface area contributed by atoms with Crippen molar-refractivity contribution in [2.24, 2.45) is 0 Å². The number of rotatable bonds is 4. The van der Waals surface area contributed by atoms with Gasteiger partial charge in [0.1, 0.15) is 0 Å². The third-order valence-corrected chi connectivity index (χ3v) is 4.22. The number of pyridine rings is 1. The molecule has 1 aromatic heterocycles. The maximum atomic E-state index is 4.57. The van der Waals surface area contributed by atoms with E-state index in [9.17, 15) is 0 Å². The predicted octanol–water partition coefficient (Wildman–Crippen LogP) is 9.31. The first-order valence-electron chi connectivity index (χ1n) is 11.3. The molecule has 0 saturated heterocycles. The summed E-state index contributed by atoms with van der Waals surface area (Å²) in [5.74, 6) is 2.35. The average Bonchev–Trinajstić information content (AvgIpc) is 2.71. The summed E-state index contributed by atoms with van der Waals surface area (Å²) in [4.78, 5) is 4.57. The second-order valence-electron chi connectivity index (χ2n) is 7.78. The lowest BCUT2D eigenvalue weighted by Crippen LogP contribution is -1.98. The van der Waals surface area contributed by atoms with E-state index in [1.54, 1.807) is 0 Å². The molecule has 0 aliphatic rings. The first-order chi connectivity index (χ1) is 13.2. The van der Waals surface area contributed by atoms with Gasteiger partial charge in [0.2, 0.25) is 0 Å². The first-order valence-corrected chi connectivity index (χ1v) is 11.3. The zero-order valence-electron chi connectivity index (χ0n) is 20.8. The minimum Gasteiger partial charge on any atom is -0.257 e. The van der Waals surface area contributed by atoms with Crippen LogP contribution in [0.15, 0.2) is 42.5 Å². The molecule has 0 spiro atoms. The van der Waals surface area contributed by atoms with Crippen LogP contribution in [-0.2, 0) is 0 Å². The van der Waals surface area contributed by atoms with Gasteiger partial charge in [0.05, 0.1) is 0 Å². The Labute approximate surface area is 177 Å². The minimum atomic E-state index is 0.531. The molecule has 0 amide bonds. The van der Waals surface area contributed by atoms with E-state index < -0.39 is 0 Å². The van der Waals surface area contributed by atoms with Crippen molar-refractivity contribution < 1.29 is 0 Å². The molecule has 28 heavy (non-hydrogen) atoms. The molecular formula is C27H47N. The summed E-state index contributed by atoms with van der Waals surface area (Å²) in [6.07, 6.45) is 0. The van der Waals surface area contributed by atoms with E-state index in [4.69, 9.17) is 0 Å². The van der Waals surface area contributed by atoms with Crippen LogP contribution >= 0.6 is 0 Å². The van der Waals surface area contributed by atoms with Gasteiger partial charge in [0, 0.05) is 11.4 Å². The van der Waals surface area contributed by atoms with Gasteiger partial charge in [-0.2, -0.15) is 0 Å². The normalized spacial score (nSPS) is 10.0. The highest BCUT2D eigenvalue weighted by molar-refractivity contribution is 5.27. The Morgan fingerprint density at radius 1 is 0.500 bits per heavy atom. The molecule has 0 aliphatic heterocycles. The molecule has 0 saturated carbocycles. The third kappa shape index (κ3) is 11.3. The Bertz CT molecular complexity index is 507. The summed E-state index contributed by atoms with van der Waals surface area (Å²) >= 11 is 0. The summed E-state index contributed by atoms with van der Waals surface area (Å²) in [6.45, 7) is 25.6.